The molecular formula is C23H25FN6O2. The third-order valence-electron chi connectivity index (χ3n) is 5.66. The van der Waals surface area contributed by atoms with Gasteiger partial charge >= 0.3 is 0 Å². The summed E-state index contributed by atoms with van der Waals surface area (Å²) in [6, 6.07) is 9.72. The average molecular weight is 436 g/mol. The summed E-state index contributed by atoms with van der Waals surface area (Å²) in [5, 5.41) is 33.6. The fraction of sp³-hybridized carbons (Fsp3) is 0.261. The van der Waals surface area contributed by atoms with Gasteiger partial charge in [0, 0.05) is 36.6 Å². The molecule has 0 saturated carbocycles. The van der Waals surface area contributed by atoms with Gasteiger partial charge in [-0.25, -0.2) is 19.4 Å². The minimum Gasteiger partial charge on any atom is -0.387 e. The molecule has 166 valence electrons. The van der Waals surface area contributed by atoms with Crippen LogP contribution in [0.25, 0.3) is 10.9 Å². The Kier molecular flexibility index (Phi) is 6.13. The molecule has 1 atom stereocenters. The second-order valence-corrected chi connectivity index (χ2v) is 7.71. The van der Waals surface area contributed by atoms with Crippen molar-refractivity contribution in [1.29, 1.82) is 0 Å². The average Bonchev–Trinajstić information content (AvgIpc) is 2.81. The molecule has 4 rings (SSSR count). The molecular weight excluding hydrogens is 411 g/mol. The molecule has 1 aliphatic rings. The van der Waals surface area contributed by atoms with Crippen LogP contribution in [0.15, 0.2) is 60.5 Å². The Morgan fingerprint density at radius 1 is 1.25 bits per heavy atom. The molecule has 2 aromatic heterocycles. The van der Waals surface area contributed by atoms with Crippen LogP contribution in [0.3, 0.4) is 0 Å². The first-order valence-corrected chi connectivity index (χ1v) is 10.3. The van der Waals surface area contributed by atoms with E-state index in [1.54, 1.807) is 36.5 Å². The summed E-state index contributed by atoms with van der Waals surface area (Å²) in [6.45, 7) is 8.31. The van der Waals surface area contributed by atoms with Gasteiger partial charge in [-0.2, -0.15) is 5.10 Å². The number of fused-ring (bicyclic) bond motifs is 1. The molecule has 3 aromatic rings. The zero-order valence-electron chi connectivity index (χ0n) is 17.5. The normalized spacial score (nSPS) is 16.3. The number of aliphatic hydroxyl groups is 2. The highest BCUT2D eigenvalue weighted by Crippen LogP contribution is 2.33. The Morgan fingerprint density at radius 3 is 2.72 bits per heavy atom. The number of halogens is 1. The number of piperidine rings is 1. The largest absolute Gasteiger partial charge is 0.387 e. The van der Waals surface area contributed by atoms with E-state index in [1.165, 1.54) is 17.3 Å². The quantitative estimate of drug-likeness (QED) is 0.333. The molecule has 3 heterocycles. The Labute approximate surface area is 185 Å². The third-order valence-corrected chi connectivity index (χ3v) is 5.66. The van der Waals surface area contributed by atoms with Gasteiger partial charge in [0.25, 0.3) is 0 Å². The molecule has 0 radical (unpaired) electrons. The molecule has 1 aliphatic heterocycles. The summed E-state index contributed by atoms with van der Waals surface area (Å²) >= 11 is 0. The number of hydrogen-bond acceptors (Lipinski definition) is 8. The van der Waals surface area contributed by atoms with Crippen molar-refractivity contribution < 1.29 is 14.6 Å². The number of rotatable bonds is 7. The van der Waals surface area contributed by atoms with Crippen LogP contribution in [-0.4, -0.2) is 45.6 Å². The lowest BCUT2D eigenvalue weighted by Crippen LogP contribution is -2.46. The highest BCUT2D eigenvalue weighted by Gasteiger charge is 2.38. The van der Waals surface area contributed by atoms with Crippen LogP contribution in [0.1, 0.15) is 24.6 Å². The molecule has 1 fully saturated rings. The van der Waals surface area contributed by atoms with Gasteiger partial charge in [-0.05, 0) is 50.2 Å². The monoisotopic (exact) mass is 436 g/mol. The minimum absolute atomic E-state index is 0.230. The zero-order chi connectivity index (χ0) is 22.7. The van der Waals surface area contributed by atoms with Crippen molar-refractivity contribution in [1.82, 2.24) is 15.3 Å². The number of anilines is 3. The Balaban J connectivity index is 1.59. The van der Waals surface area contributed by atoms with Crippen LogP contribution >= 0.6 is 0 Å². The SMILES string of the molecule is C=CN(N=C)c1ccc(Nc2cc3nc(C(O)C4(O)CCNCC4)ccc3cn2)c(F)c1. The van der Waals surface area contributed by atoms with E-state index in [0.29, 0.717) is 48.6 Å². The molecule has 1 aromatic carbocycles. The van der Waals surface area contributed by atoms with E-state index >= 15 is 0 Å². The van der Waals surface area contributed by atoms with Gasteiger partial charge in [0.05, 0.1) is 28.2 Å². The maximum absolute atomic E-state index is 14.6. The number of hydrazone groups is 1. The number of benzene rings is 1. The maximum Gasteiger partial charge on any atom is 0.148 e. The van der Waals surface area contributed by atoms with Crippen LogP contribution in [-0.2, 0) is 0 Å². The fourth-order valence-corrected chi connectivity index (χ4v) is 3.79. The molecule has 9 heteroatoms. The predicted octanol–water partition coefficient (Wildman–Crippen LogP) is 3.23. The van der Waals surface area contributed by atoms with Crippen LogP contribution in [0.2, 0.25) is 0 Å². The van der Waals surface area contributed by atoms with Crippen LogP contribution in [0.5, 0.6) is 0 Å². The van der Waals surface area contributed by atoms with Gasteiger partial charge in [-0.3, -0.25) is 0 Å². The van der Waals surface area contributed by atoms with Crippen molar-refractivity contribution in [3.05, 3.63) is 66.9 Å². The number of nitrogens with one attached hydrogen (secondary N) is 2. The number of pyridine rings is 2. The van der Waals surface area contributed by atoms with E-state index in [-0.39, 0.29) is 5.69 Å². The van der Waals surface area contributed by atoms with Crippen LogP contribution < -0.4 is 15.6 Å². The van der Waals surface area contributed by atoms with Crippen molar-refractivity contribution in [3.63, 3.8) is 0 Å². The van der Waals surface area contributed by atoms with Gasteiger partial charge in [-0.1, -0.05) is 6.58 Å². The Bertz CT molecular complexity index is 1140. The van der Waals surface area contributed by atoms with E-state index in [1.807, 2.05) is 0 Å². The number of hydrogen-bond donors (Lipinski definition) is 4. The van der Waals surface area contributed by atoms with Crippen molar-refractivity contribution >= 4 is 34.8 Å². The highest BCUT2D eigenvalue weighted by molar-refractivity contribution is 5.81. The number of aliphatic hydroxyl groups excluding tert-OH is 1. The number of nitrogens with zero attached hydrogens (tertiary/aromatic N) is 4. The zero-order valence-corrected chi connectivity index (χ0v) is 17.5. The second-order valence-electron chi connectivity index (χ2n) is 7.71. The summed E-state index contributed by atoms with van der Waals surface area (Å²) in [7, 11) is 0. The molecule has 1 unspecified atom stereocenters. The summed E-state index contributed by atoms with van der Waals surface area (Å²) in [5.41, 5.74) is 0.456. The molecule has 0 bridgehead atoms. The Morgan fingerprint density at radius 2 is 2.03 bits per heavy atom. The first-order chi connectivity index (χ1) is 15.4. The maximum atomic E-state index is 14.6. The van der Waals surface area contributed by atoms with Gasteiger partial charge in [0.2, 0.25) is 0 Å². The molecule has 0 aliphatic carbocycles. The van der Waals surface area contributed by atoms with Gasteiger partial charge in [0.1, 0.15) is 17.7 Å². The molecule has 8 nitrogen and oxygen atoms in total. The van der Waals surface area contributed by atoms with E-state index in [9.17, 15) is 14.6 Å². The van der Waals surface area contributed by atoms with E-state index in [0.717, 1.165) is 5.39 Å². The minimum atomic E-state index is -1.22. The van der Waals surface area contributed by atoms with E-state index < -0.39 is 17.5 Å². The van der Waals surface area contributed by atoms with Crippen molar-refractivity contribution in [2.75, 3.05) is 23.4 Å². The second kappa shape index (κ2) is 8.99. The van der Waals surface area contributed by atoms with Gasteiger partial charge < -0.3 is 20.8 Å². The first-order valence-electron chi connectivity index (χ1n) is 10.3. The van der Waals surface area contributed by atoms with Crippen LogP contribution in [0.4, 0.5) is 21.6 Å². The van der Waals surface area contributed by atoms with Gasteiger partial charge in [0.15, 0.2) is 0 Å². The first kappa shape index (κ1) is 21.8. The molecule has 4 N–H and O–H groups in total. The van der Waals surface area contributed by atoms with Gasteiger partial charge in [-0.15, -0.1) is 0 Å². The van der Waals surface area contributed by atoms with E-state index in [2.05, 4.69) is 39.0 Å². The molecule has 0 spiro atoms. The lowest BCUT2D eigenvalue weighted by Gasteiger charge is -2.36. The Hall–Kier alpha value is -3.40. The topological polar surface area (TPSA) is 106 Å². The summed E-state index contributed by atoms with van der Waals surface area (Å²) in [6.07, 6.45) is 2.83. The third kappa shape index (κ3) is 4.31. The van der Waals surface area contributed by atoms with Crippen molar-refractivity contribution in [2.24, 2.45) is 5.10 Å². The lowest BCUT2D eigenvalue weighted by molar-refractivity contribution is -0.0965. The summed E-state index contributed by atoms with van der Waals surface area (Å²) in [5.74, 6) is -0.101. The molecule has 0 amide bonds. The van der Waals surface area contributed by atoms with E-state index in [4.69, 9.17) is 0 Å². The van der Waals surface area contributed by atoms with Crippen molar-refractivity contribution in [3.8, 4) is 0 Å². The molecule has 1 saturated heterocycles. The number of aromatic nitrogens is 2. The standard InChI is InChI=1S/C23H25FN6O2/c1-3-30(25-2)16-5-7-18(17(24)12-16)29-21-13-20-15(14-27-21)4-6-19(28-20)22(31)23(32)8-10-26-11-9-23/h3-7,12-14,22,26,31-32H,1-2,8-11H2,(H,27,29). The lowest BCUT2D eigenvalue weighted by atomic mass is 9.85. The summed E-state index contributed by atoms with van der Waals surface area (Å²) in [4.78, 5) is 8.86. The molecule has 32 heavy (non-hydrogen) atoms. The smallest absolute Gasteiger partial charge is 0.148 e. The fourth-order valence-electron chi connectivity index (χ4n) is 3.79. The van der Waals surface area contributed by atoms with Crippen molar-refractivity contribution in [2.45, 2.75) is 24.5 Å². The summed E-state index contributed by atoms with van der Waals surface area (Å²) < 4.78 is 14.6. The highest BCUT2D eigenvalue weighted by atomic mass is 19.1. The predicted molar refractivity (Wildman–Crippen MR) is 123 cm³/mol. The van der Waals surface area contributed by atoms with Crippen LogP contribution in [0, 0.1) is 5.82 Å².